The third-order valence-electron chi connectivity index (χ3n) is 3.84. The Balaban J connectivity index is 2.33. The molecule has 1 heterocycles. The van der Waals surface area contributed by atoms with Crippen LogP contribution < -0.4 is 4.74 Å². The van der Waals surface area contributed by atoms with Gasteiger partial charge < -0.3 is 18.8 Å². The van der Waals surface area contributed by atoms with Crippen molar-refractivity contribution in [3.63, 3.8) is 0 Å². The number of rotatable bonds is 9. The second-order valence-corrected chi connectivity index (χ2v) is 5.80. The molecule has 2 rings (SSSR count). The molecule has 2 aromatic rings. The van der Waals surface area contributed by atoms with Crippen molar-refractivity contribution >= 4 is 18.3 Å². The maximum absolute atomic E-state index is 12.2. The van der Waals surface area contributed by atoms with Gasteiger partial charge in [0, 0.05) is 18.2 Å². The Kier molecular flexibility index (Phi) is 7.14. The quantitative estimate of drug-likeness (QED) is 0.298. The zero-order valence-corrected chi connectivity index (χ0v) is 15.4. The van der Waals surface area contributed by atoms with Crippen molar-refractivity contribution in [2.75, 3.05) is 13.7 Å². The Morgan fingerprint density at radius 2 is 2.15 bits per heavy atom. The average molecular weight is 356 g/mol. The molecule has 0 fully saturated rings. The highest BCUT2D eigenvalue weighted by Crippen LogP contribution is 2.26. The van der Waals surface area contributed by atoms with Crippen molar-refractivity contribution in [1.29, 1.82) is 0 Å². The van der Waals surface area contributed by atoms with Gasteiger partial charge in [-0.25, -0.2) is 9.78 Å². The highest BCUT2D eigenvalue weighted by atomic mass is 16.5. The van der Waals surface area contributed by atoms with Gasteiger partial charge in [-0.1, -0.05) is 6.07 Å². The zero-order chi connectivity index (χ0) is 18.9. The molecule has 26 heavy (non-hydrogen) atoms. The smallest absolute Gasteiger partial charge is 0.334 e. The summed E-state index contributed by atoms with van der Waals surface area (Å²) in [5.74, 6) is 0.318. The summed E-state index contributed by atoms with van der Waals surface area (Å²) in [6.45, 7) is 4.00. The molecule has 138 valence electrons. The third kappa shape index (κ3) is 5.05. The summed E-state index contributed by atoms with van der Waals surface area (Å²) < 4.78 is 12.5. The fourth-order valence-corrected chi connectivity index (χ4v) is 2.58. The van der Waals surface area contributed by atoms with Crippen LogP contribution in [0.3, 0.4) is 0 Å². The van der Waals surface area contributed by atoms with Crippen molar-refractivity contribution in [2.45, 2.75) is 33.1 Å². The molecule has 1 aromatic heterocycles. The maximum Gasteiger partial charge on any atom is 0.334 e. The number of aldehydes is 1. The lowest BCUT2D eigenvalue weighted by atomic mass is 10.0. The van der Waals surface area contributed by atoms with Crippen LogP contribution in [0.2, 0.25) is 0 Å². The molecule has 0 spiro atoms. The van der Waals surface area contributed by atoms with E-state index in [1.54, 1.807) is 26.4 Å². The third-order valence-corrected chi connectivity index (χ3v) is 3.84. The average Bonchev–Trinajstić information content (AvgIpc) is 3.07. The van der Waals surface area contributed by atoms with Crippen LogP contribution in [0.15, 0.2) is 36.3 Å². The Bertz CT molecular complexity index is 793. The van der Waals surface area contributed by atoms with Gasteiger partial charge in [0.2, 0.25) is 0 Å². The summed E-state index contributed by atoms with van der Waals surface area (Å²) in [5.41, 5.74) is 3.15. The number of carbonyl (C=O) groups is 2. The Labute approximate surface area is 153 Å². The second kappa shape index (κ2) is 9.56. The molecule has 0 saturated heterocycles. The standard InChI is InChI=1S/C20H24N2O4/c1-4-26-20(24)17(7-5-6-10-23)11-16-8-9-18(19(12-16)25-3)22-13-15(2)21-14-22/h8-14H,4-7H2,1-3H3/b17-11+. The molecule has 0 radical (unpaired) electrons. The van der Waals surface area contributed by atoms with Gasteiger partial charge in [-0.3, -0.25) is 0 Å². The second-order valence-electron chi connectivity index (χ2n) is 5.80. The molecule has 6 nitrogen and oxygen atoms in total. The van der Waals surface area contributed by atoms with E-state index in [0.717, 1.165) is 23.2 Å². The van der Waals surface area contributed by atoms with E-state index in [9.17, 15) is 9.59 Å². The van der Waals surface area contributed by atoms with Crippen LogP contribution in [0.25, 0.3) is 11.8 Å². The van der Waals surface area contributed by atoms with Crippen molar-refractivity contribution in [2.24, 2.45) is 0 Å². The van der Waals surface area contributed by atoms with Gasteiger partial charge >= 0.3 is 5.97 Å². The molecular weight excluding hydrogens is 332 g/mol. The first-order valence-electron chi connectivity index (χ1n) is 8.59. The van der Waals surface area contributed by atoms with Crippen LogP contribution in [0, 0.1) is 6.92 Å². The molecule has 6 heteroatoms. The van der Waals surface area contributed by atoms with Crippen LogP contribution in [0.4, 0.5) is 0 Å². The molecule has 0 bridgehead atoms. The summed E-state index contributed by atoms with van der Waals surface area (Å²) in [4.78, 5) is 26.9. The Morgan fingerprint density at radius 1 is 1.35 bits per heavy atom. The number of nitrogens with zero attached hydrogens (tertiary/aromatic N) is 2. The van der Waals surface area contributed by atoms with Crippen molar-refractivity contribution < 1.29 is 19.1 Å². The van der Waals surface area contributed by atoms with Crippen LogP contribution in [0.1, 0.15) is 37.4 Å². The minimum Gasteiger partial charge on any atom is -0.495 e. The molecule has 0 saturated carbocycles. The van der Waals surface area contributed by atoms with E-state index < -0.39 is 0 Å². The number of aryl methyl sites for hydroxylation is 1. The molecule has 0 N–H and O–H groups in total. The number of unbranched alkanes of at least 4 members (excludes halogenated alkanes) is 1. The normalized spacial score (nSPS) is 11.3. The summed E-state index contributed by atoms with van der Waals surface area (Å²) in [6.07, 6.45) is 7.80. The van der Waals surface area contributed by atoms with Gasteiger partial charge in [0.25, 0.3) is 0 Å². The molecule has 0 aliphatic rings. The summed E-state index contributed by atoms with van der Waals surface area (Å²) >= 11 is 0. The molecule has 0 amide bonds. The number of hydrogen-bond donors (Lipinski definition) is 0. The number of methoxy groups -OCH3 is 1. The molecule has 0 aliphatic carbocycles. The number of esters is 1. The highest BCUT2D eigenvalue weighted by Gasteiger charge is 2.12. The van der Waals surface area contributed by atoms with E-state index in [0.29, 0.717) is 37.2 Å². The lowest BCUT2D eigenvalue weighted by Gasteiger charge is -2.11. The number of ether oxygens (including phenoxy) is 2. The van der Waals surface area contributed by atoms with Crippen molar-refractivity contribution in [3.8, 4) is 11.4 Å². The number of aromatic nitrogens is 2. The van der Waals surface area contributed by atoms with Crippen LogP contribution in [0.5, 0.6) is 5.75 Å². The molecule has 0 aliphatic heterocycles. The van der Waals surface area contributed by atoms with Gasteiger partial charge in [-0.2, -0.15) is 0 Å². The summed E-state index contributed by atoms with van der Waals surface area (Å²) in [5, 5.41) is 0. The first kappa shape index (κ1) is 19.4. The van der Waals surface area contributed by atoms with Crippen LogP contribution in [-0.2, 0) is 14.3 Å². The van der Waals surface area contributed by atoms with Gasteiger partial charge in [-0.05, 0) is 50.5 Å². The topological polar surface area (TPSA) is 70.4 Å². The van der Waals surface area contributed by atoms with Gasteiger partial charge in [0.1, 0.15) is 12.0 Å². The minimum atomic E-state index is -0.355. The molecule has 0 unspecified atom stereocenters. The van der Waals surface area contributed by atoms with E-state index >= 15 is 0 Å². The van der Waals surface area contributed by atoms with Gasteiger partial charge in [-0.15, -0.1) is 0 Å². The maximum atomic E-state index is 12.2. The fourth-order valence-electron chi connectivity index (χ4n) is 2.58. The lowest BCUT2D eigenvalue weighted by Crippen LogP contribution is -2.08. The largest absolute Gasteiger partial charge is 0.495 e. The minimum absolute atomic E-state index is 0.312. The molecular formula is C20H24N2O4. The summed E-state index contributed by atoms with van der Waals surface area (Å²) in [6, 6.07) is 5.69. The Hall–Kier alpha value is -2.89. The van der Waals surface area contributed by atoms with Crippen molar-refractivity contribution in [3.05, 3.63) is 47.6 Å². The summed E-state index contributed by atoms with van der Waals surface area (Å²) in [7, 11) is 1.60. The van der Waals surface area contributed by atoms with Crippen LogP contribution in [-0.4, -0.2) is 35.5 Å². The predicted molar refractivity (Wildman–Crippen MR) is 99.4 cm³/mol. The number of hydrogen-bond acceptors (Lipinski definition) is 5. The van der Waals surface area contributed by atoms with E-state index in [1.807, 2.05) is 35.9 Å². The zero-order valence-electron chi connectivity index (χ0n) is 15.4. The molecule has 0 atom stereocenters. The first-order chi connectivity index (χ1) is 12.6. The molecule has 1 aromatic carbocycles. The monoisotopic (exact) mass is 356 g/mol. The van der Waals surface area contributed by atoms with E-state index in [2.05, 4.69) is 4.98 Å². The SMILES string of the molecule is CCOC(=O)/C(=C/c1ccc(-n2cnc(C)c2)c(OC)c1)CCCC=O. The van der Waals surface area contributed by atoms with E-state index in [-0.39, 0.29) is 5.97 Å². The van der Waals surface area contributed by atoms with E-state index in [1.165, 1.54) is 0 Å². The fraction of sp³-hybridized carbons (Fsp3) is 0.350. The van der Waals surface area contributed by atoms with Crippen molar-refractivity contribution in [1.82, 2.24) is 9.55 Å². The number of carbonyl (C=O) groups excluding carboxylic acids is 2. The van der Waals surface area contributed by atoms with Gasteiger partial charge in [0.05, 0.1) is 31.4 Å². The van der Waals surface area contributed by atoms with E-state index in [4.69, 9.17) is 9.47 Å². The van der Waals surface area contributed by atoms with Gasteiger partial charge in [0.15, 0.2) is 0 Å². The van der Waals surface area contributed by atoms with Crippen LogP contribution >= 0.6 is 0 Å². The Morgan fingerprint density at radius 3 is 2.77 bits per heavy atom. The number of imidazole rings is 1. The predicted octanol–water partition coefficient (Wildman–Crippen LogP) is 3.51. The first-order valence-corrected chi connectivity index (χ1v) is 8.59. The lowest BCUT2D eigenvalue weighted by molar-refractivity contribution is -0.138. The number of benzene rings is 1. The highest BCUT2D eigenvalue weighted by molar-refractivity contribution is 5.93.